The number of hydrogen-bond donors (Lipinski definition) is 0. The van der Waals surface area contributed by atoms with Gasteiger partial charge in [-0.1, -0.05) is 154 Å². The summed E-state index contributed by atoms with van der Waals surface area (Å²) in [6.07, 6.45) is 37.7. The Bertz CT molecular complexity index is 964. The van der Waals surface area contributed by atoms with Crippen molar-refractivity contribution >= 4 is 19.8 Å². The molecular formula is C43H82NO8P. The Hall–Kier alpha value is -1.51. The maximum absolute atomic E-state index is 12.6. The van der Waals surface area contributed by atoms with Crippen LogP contribution in [-0.2, 0) is 32.7 Å². The SMILES string of the molecule is CCCCC/C=C/C/C=C/CCCCCCCC(=O)OC[C@H](COP(=O)([O-])OCC[N+](C)(C)C)OC(=O)CCCCCCCCCCCCCCCC. The molecule has 0 heterocycles. The number of esters is 2. The number of carbonyl (C=O) groups excluding carboxylic acids is 2. The summed E-state index contributed by atoms with van der Waals surface area (Å²) in [6, 6.07) is 0. The van der Waals surface area contributed by atoms with Gasteiger partial charge < -0.3 is 27.9 Å². The van der Waals surface area contributed by atoms with Gasteiger partial charge in [-0.25, -0.2) is 0 Å². The zero-order chi connectivity index (χ0) is 39.3. The second-order valence-electron chi connectivity index (χ2n) is 15.7. The second kappa shape index (κ2) is 36.1. The number of allylic oxidation sites excluding steroid dienone is 4. The van der Waals surface area contributed by atoms with Crippen LogP contribution in [0.15, 0.2) is 24.3 Å². The van der Waals surface area contributed by atoms with Gasteiger partial charge in [-0.3, -0.25) is 14.2 Å². The number of nitrogens with zero attached hydrogens (tertiary/aromatic N) is 1. The highest BCUT2D eigenvalue weighted by Crippen LogP contribution is 2.38. The van der Waals surface area contributed by atoms with Crippen molar-refractivity contribution in [1.82, 2.24) is 0 Å². The average molecular weight is 772 g/mol. The summed E-state index contributed by atoms with van der Waals surface area (Å²) in [4.78, 5) is 37.5. The lowest BCUT2D eigenvalue weighted by atomic mass is 10.0. The maximum Gasteiger partial charge on any atom is 0.306 e. The number of hydrogen-bond acceptors (Lipinski definition) is 8. The highest BCUT2D eigenvalue weighted by atomic mass is 31.2. The quantitative estimate of drug-likeness (QED) is 0.0200. The lowest BCUT2D eigenvalue weighted by Crippen LogP contribution is -2.37. The Morgan fingerprint density at radius 1 is 0.585 bits per heavy atom. The lowest BCUT2D eigenvalue weighted by molar-refractivity contribution is -0.870. The molecule has 9 nitrogen and oxygen atoms in total. The van der Waals surface area contributed by atoms with Crippen molar-refractivity contribution in [2.24, 2.45) is 0 Å². The predicted octanol–water partition coefficient (Wildman–Crippen LogP) is 11.3. The zero-order valence-electron chi connectivity index (χ0n) is 35.0. The van der Waals surface area contributed by atoms with Gasteiger partial charge in [0.05, 0.1) is 27.7 Å². The Labute approximate surface area is 326 Å². The van der Waals surface area contributed by atoms with E-state index in [0.717, 1.165) is 51.4 Å². The van der Waals surface area contributed by atoms with Gasteiger partial charge in [0.2, 0.25) is 0 Å². The molecule has 0 amide bonds. The van der Waals surface area contributed by atoms with Crippen LogP contribution in [0.4, 0.5) is 0 Å². The van der Waals surface area contributed by atoms with Crippen molar-refractivity contribution in [2.75, 3.05) is 47.5 Å². The molecule has 0 radical (unpaired) electrons. The van der Waals surface area contributed by atoms with E-state index >= 15 is 0 Å². The topological polar surface area (TPSA) is 111 Å². The molecule has 53 heavy (non-hydrogen) atoms. The van der Waals surface area contributed by atoms with Crippen molar-refractivity contribution < 1.29 is 42.1 Å². The van der Waals surface area contributed by atoms with Crippen molar-refractivity contribution in [3.63, 3.8) is 0 Å². The average Bonchev–Trinajstić information content (AvgIpc) is 3.10. The smallest absolute Gasteiger partial charge is 0.306 e. The van der Waals surface area contributed by atoms with Crippen molar-refractivity contribution in [2.45, 2.75) is 193 Å². The third-order valence-electron chi connectivity index (χ3n) is 9.22. The van der Waals surface area contributed by atoms with E-state index in [-0.39, 0.29) is 26.1 Å². The van der Waals surface area contributed by atoms with Gasteiger partial charge in [-0.2, -0.15) is 0 Å². The summed E-state index contributed by atoms with van der Waals surface area (Å²) >= 11 is 0. The minimum Gasteiger partial charge on any atom is -0.756 e. The summed E-state index contributed by atoms with van der Waals surface area (Å²) in [6.45, 7) is 4.19. The summed E-state index contributed by atoms with van der Waals surface area (Å²) < 4.78 is 33.9. The Balaban J connectivity index is 4.38. The van der Waals surface area contributed by atoms with E-state index in [4.69, 9.17) is 18.5 Å². The number of phosphoric acid groups is 1. The molecule has 0 spiro atoms. The second-order valence-corrected chi connectivity index (χ2v) is 17.1. The van der Waals surface area contributed by atoms with Crippen LogP contribution >= 0.6 is 7.82 Å². The molecule has 0 aromatic carbocycles. The molecule has 0 rings (SSSR count). The normalized spacial score (nSPS) is 13.8. The molecule has 0 aliphatic carbocycles. The van der Waals surface area contributed by atoms with Crippen molar-refractivity contribution in [3.05, 3.63) is 24.3 Å². The van der Waals surface area contributed by atoms with Crippen molar-refractivity contribution in [3.8, 4) is 0 Å². The Morgan fingerprint density at radius 2 is 1.02 bits per heavy atom. The van der Waals surface area contributed by atoms with Gasteiger partial charge in [0.25, 0.3) is 7.82 Å². The fourth-order valence-electron chi connectivity index (χ4n) is 5.80. The fraction of sp³-hybridized carbons (Fsp3) is 0.860. The van der Waals surface area contributed by atoms with E-state index < -0.39 is 32.5 Å². The predicted molar refractivity (Wildman–Crippen MR) is 218 cm³/mol. The Kier molecular flexibility index (Phi) is 35.1. The lowest BCUT2D eigenvalue weighted by Gasteiger charge is -2.28. The molecule has 0 fully saturated rings. The van der Waals surface area contributed by atoms with E-state index in [9.17, 15) is 19.0 Å². The van der Waals surface area contributed by atoms with Crippen LogP contribution < -0.4 is 4.89 Å². The number of unbranched alkanes of at least 4 members (excludes halogenated alkanes) is 21. The van der Waals surface area contributed by atoms with Gasteiger partial charge >= 0.3 is 11.9 Å². The van der Waals surface area contributed by atoms with E-state index in [1.807, 2.05) is 21.1 Å². The van der Waals surface area contributed by atoms with E-state index in [2.05, 4.69) is 38.2 Å². The summed E-state index contributed by atoms with van der Waals surface area (Å²) in [5.41, 5.74) is 0. The Morgan fingerprint density at radius 3 is 1.53 bits per heavy atom. The molecule has 0 bridgehead atoms. The van der Waals surface area contributed by atoms with Crippen LogP contribution in [0.3, 0.4) is 0 Å². The summed E-state index contributed by atoms with van der Waals surface area (Å²) in [5, 5.41) is 0. The molecule has 0 saturated heterocycles. The van der Waals surface area contributed by atoms with Crippen LogP contribution in [0, 0.1) is 0 Å². The first-order chi connectivity index (χ1) is 25.5. The molecule has 0 aromatic heterocycles. The number of ether oxygens (including phenoxy) is 2. The third kappa shape index (κ3) is 40.0. The molecule has 10 heteroatoms. The molecule has 0 saturated carbocycles. The van der Waals surface area contributed by atoms with Crippen molar-refractivity contribution in [1.29, 1.82) is 0 Å². The largest absolute Gasteiger partial charge is 0.756 e. The first-order valence-corrected chi connectivity index (χ1v) is 23.0. The summed E-state index contributed by atoms with van der Waals surface area (Å²) in [7, 11) is 1.16. The molecule has 1 unspecified atom stereocenters. The van der Waals surface area contributed by atoms with Crippen LogP contribution in [-0.4, -0.2) is 70.0 Å². The van der Waals surface area contributed by atoms with E-state index in [0.29, 0.717) is 23.9 Å². The maximum atomic E-state index is 12.6. The van der Waals surface area contributed by atoms with Crippen LogP contribution in [0.5, 0.6) is 0 Å². The van der Waals surface area contributed by atoms with Crippen LogP contribution in [0.1, 0.15) is 187 Å². The van der Waals surface area contributed by atoms with E-state index in [1.165, 1.54) is 96.3 Å². The molecule has 0 aromatic rings. The number of quaternary nitrogens is 1. The number of likely N-dealkylation sites (N-methyl/N-ethyl adjacent to an activating group) is 1. The number of rotatable bonds is 39. The first-order valence-electron chi connectivity index (χ1n) is 21.5. The van der Waals surface area contributed by atoms with Gasteiger partial charge in [0.1, 0.15) is 19.8 Å². The van der Waals surface area contributed by atoms with Gasteiger partial charge in [-0.15, -0.1) is 0 Å². The van der Waals surface area contributed by atoms with Crippen LogP contribution in [0.25, 0.3) is 0 Å². The molecule has 0 aliphatic heterocycles. The molecule has 0 N–H and O–H groups in total. The highest BCUT2D eigenvalue weighted by Gasteiger charge is 2.21. The fourth-order valence-corrected chi connectivity index (χ4v) is 6.53. The molecule has 0 aliphatic rings. The van der Waals surface area contributed by atoms with Gasteiger partial charge in [0, 0.05) is 12.8 Å². The monoisotopic (exact) mass is 772 g/mol. The minimum atomic E-state index is -4.62. The summed E-state index contributed by atoms with van der Waals surface area (Å²) in [5.74, 6) is -0.845. The molecule has 312 valence electrons. The number of phosphoric ester groups is 1. The first kappa shape index (κ1) is 51.5. The van der Waals surface area contributed by atoms with E-state index in [1.54, 1.807) is 0 Å². The zero-order valence-corrected chi connectivity index (χ0v) is 35.9. The molecular weight excluding hydrogens is 689 g/mol. The minimum absolute atomic E-state index is 0.0314. The van der Waals surface area contributed by atoms with Gasteiger partial charge in [0.15, 0.2) is 6.10 Å². The molecule has 2 atom stereocenters. The van der Waals surface area contributed by atoms with Crippen LogP contribution in [0.2, 0.25) is 0 Å². The van der Waals surface area contributed by atoms with Gasteiger partial charge in [-0.05, 0) is 44.9 Å². The standard InChI is InChI=1S/C43H82NO8P/c1-6-8-10-12-14-16-18-20-22-24-25-27-29-31-33-35-42(45)49-39-41(40-51-53(47,48)50-38-37-44(3,4)5)52-43(46)36-34-32-30-28-26-23-21-19-17-15-13-11-9-7-2/h14,16,20,22,41H,6-13,15,17-19,21,23-40H2,1-5H3/b16-14+,22-20+/t41-/m1/s1. The highest BCUT2D eigenvalue weighted by molar-refractivity contribution is 7.45. The third-order valence-corrected chi connectivity index (χ3v) is 10.2. The number of carbonyl (C=O) groups is 2.